The van der Waals surface area contributed by atoms with Gasteiger partial charge in [-0.3, -0.25) is 0 Å². The van der Waals surface area contributed by atoms with Gasteiger partial charge in [0.25, 0.3) is 6.71 Å². The van der Waals surface area contributed by atoms with Gasteiger partial charge in [0.05, 0.1) is 5.54 Å². The monoisotopic (exact) mass is 1170 g/mol. The lowest BCUT2D eigenvalue weighted by atomic mass is 9.32. The van der Waals surface area contributed by atoms with Gasteiger partial charge in [-0.25, -0.2) is 0 Å². The highest BCUT2D eigenvalue weighted by molar-refractivity contribution is 7.00. The highest BCUT2D eigenvalue weighted by Gasteiger charge is 2.59. The maximum Gasteiger partial charge on any atom is 0.252 e. The topological polar surface area (TPSA) is 22.9 Å². The number of rotatable bonds is 4. The number of hydrogen-bond acceptors (Lipinski definition) is 4. The average Bonchev–Trinajstić information content (AvgIpc) is 1.26. The molecular formula is C84H94BN3O. The minimum atomic E-state index is -0.214. The summed E-state index contributed by atoms with van der Waals surface area (Å²) in [6.45, 7) is 44.7. The van der Waals surface area contributed by atoms with Gasteiger partial charge in [0.15, 0.2) is 0 Å². The van der Waals surface area contributed by atoms with Gasteiger partial charge in [-0.05, 0) is 241 Å². The zero-order valence-corrected chi connectivity index (χ0v) is 56.9. The van der Waals surface area contributed by atoms with Crippen molar-refractivity contribution in [2.75, 3.05) is 14.7 Å². The Morgan fingerprint density at radius 3 is 1.54 bits per heavy atom. The first-order chi connectivity index (χ1) is 41.8. The van der Waals surface area contributed by atoms with Gasteiger partial charge in [0, 0.05) is 61.7 Å². The van der Waals surface area contributed by atoms with E-state index in [1.165, 1.54) is 130 Å². The van der Waals surface area contributed by atoms with Crippen LogP contribution >= 0.6 is 0 Å². The molecule has 4 aliphatic carbocycles. The summed E-state index contributed by atoms with van der Waals surface area (Å²) in [7, 11) is 0. The molecule has 454 valence electrons. The summed E-state index contributed by atoms with van der Waals surface area (Å²) in [5.41, 5.74) is 32.0. The van der Waals surface area contributed by atoms with Gasteiger partial charge in [-0.15, -0.1) is 0 Å². The van der Waals surface area contributed by atoms with E-state index in [-0.39, 0.29) is 55.6 Å². The van der Waals surface area contributed by atoms with E-state index in [1.807, 2.05) is 0 Å². The van der Waals surface area contributed by atoms with Crippen molar-refractivity contribution in [2.45, 2.75) is 231 Å². The number of furan rings is 1. The molecule has 0 saturated heterocycles. The van der Waals surface area contributed by atoms with Gasteiger partial charge in [-0.1, -0.05) is 190 Å². The van der Waals surface area contributed by atoms with Crippen molar-refractivity contribution in [1.29, 1.82) is 0 Å². The fourth-order valence-corrected chi connectivity index (χ4v) is 19.5. The van der Waals surface area contributed by atoms with Crippen LogP contribution < -0.4 is 31.1 Å². The van der Waals surface area contributed by atoms with Crippen LogP contribution in [0.25, 0.3) is 33.1 Å². The van der Waals surface area contributed by atoms with Crippen molar-refractivity contribution < 1.29 is 4.42 Å². The minimum absolute atomic E-state index is 0.000778. The number of hydrogen-bond donors (Lipinski definition) is 0. The summed E-state index contributed by atoms with van der Waals surface area (Å²) in [6, 6.07) is 54.3. The van der Waals surface area contributed by atoms with Crippen molar-refractivity contribution in [3.05, 3.63) is 184 Å². The molecular weight excluding hydrogens is 1080 g/mol. The van der Waals surface area contributed by atoms with Crippen molar-refractivity contribution >= 4 is 90.5 Å². The van der Waals surface area contributed by atoms with Crippen molar-refractivity contribution in [1.82, 2.24) is 0 Å². The fraction of sp³-hybridized carbons (Fsp3) is 0.429. The Bertz CT molecular complexity index is 4540. The lowest BCUT2D eigenvalue weighted by Gasteiger charge is -2.52. The smallest absolute Gasteiger partial charge is 0.252 e. The third kappa shape index (κ3) is 7.97. The molecule has 5 heteroatoms. The van der Waals surface area contributed by atoms with E-state index in [9.17, 15) is 0 Å². The Balaban J connectivity index is 1.05. The zero-order valence-electron chi connectivity index (χ0n) is 56.9. The van der Waals surface area contributed by atoms with Crippen LogP contribution in [0.3, 0.4) is 0 Å². The molecule has 1 saturated carbocycles. The average molecular weight is 1170 g/mol. The first-order valence-electron chi connectivity index (χ1n) is 34.1. The summed E-state index contributed by atoms with van der Waals surface area (Å²) < 4.78 is 6.68. The van der Waals surface area contributed by atoms with Crippen LogP contribution in [-0.2, 0) is 43.3 Å². The van der Waals surface area contributed by atoms with E-state index in [0.29, 0.717) is 0 Å². The highest BCUT2D eigenvalue weighted by atomic mass is 16.3. The molecule has 89 heavy (non-hydrogen) atoms. The van der Waals surface area contributed by atoms with Gasteiger partial charge in [0.2, 0.25) is 0 Å². The van der Waals surface area contributed by atoms with Crippen LogP contribution in [0, 0.1) is 6.92 Å². The normalized spacial score (nSPS) is 23.3. The largest absolute Gasteiger partial charge is 0.456 e. The van der Waals surface area contributed by atoms with Crippen molar-refractivity contribution in [2.24, 2.45) is 0 Å². The molecule has 3 aliphatic heterocycles. The predicted molar refractivity (Wildman–Crippen MR) is 381 cm³/mol. The molecule has 0 spiro atoms. The Labute approximate surface area is 532 Å². The third-order valence-corrected chi connectivity index (χ3v) is 25.0. The highest BCUT2D eigenvalue weighted by Crippen LogP contribution is 2.63. The molecule has 9 aromatic rings. The van der Waals surface area contributed by atoms with E-state index in [1.54, 1.807) is 0 Å². The fourth-order valence-electron chi connectivity index (χ4n) is 19.5. The van der Waals surface area contributed by atoms with Gasteiger partial charge in [0.1, 0.15) is 11.2 Å². The van der Waals surface area contributed by atoms with E-state index >= 15 is 0 Å². The predicted octanol–water partition coefficient (Wildman–Crippen LogP) is 21.3. The minimum Gasteiger partial charge on any atom is -0.456 e. The second-order valence-corrected chi connectivity index (χ2v) is 34.6. The molecule has 2 unspecified atom stereocenters. The quantitative estimate of drug-likeness (QED) is 0.164. The molecule has 7 aliphatic rings. The molecule has 4 nitrogen and oxygen atoms in total. The van der Waals surface area contributed by atoms with Crippen LogP contribution in [-0.4, -0.2) is 12.3 Å². The van der Waals surface area contributed by atoms with Gasteiger partial charge in [-0.2, -0.15) is 0 Å². The van der Waals surface area contributed by atoms with Gasteiger partial charge < -0.3 is 19.1 Å². The first kappa shape index (κ1) is 57.2. The molecule has 0 radical (unpaired) electrons. The number of para-hydroxylation sites is 1. The molecule has 1 aromatic heterocycles. The zero-order chi connectivity index (χ0) is 62.4. The van der Waals surface area contributed by atoms with Crippen molar-refractivity contribution in [3.8, 4) is 11.1 Å². The molecule has 16 rings (SSSR count). The number of fused-ring (bicyclic) bond motifs is 13. The van der Waals surface area contributed by atoms with E-state index < -0.39 is 0 Å². The maximum absolute atomic E-state index is 6.68. The second kappa shape index (κ2) is 18.2. The lowest BCUT2D eigenvalue weighted by molar-refractivity contribution is 0.195. The number of benzene rings is 8. The van der Waals surface area contributed by atoms with E-state index in [2.05, 4.69) is 273 Å². The Morgan fingerprint density at radius 1 is 0.404 bits per heavy atom. The van der Waals surface area contributed by atoms with E-state index in [0.717, 1.165) is 72.6 Å². The van der Waals surface area contributed by atoms with Crippen LogP contribution in [0.4, 0.5) is 45.5 Å². The summed E-state index contributed by atoms with van der Waals surface area (Å²) in [5, 5.41) is 2.30. The number of anilines is 8. The molecule has 0 N–H and O–H groups in total. The van der Waals surface area contributed by atoms with Gasteiger partial charge >= 0.3 is 0 Å². The SMILES string of the molecule is Cc1cc2c(cc1N1c3cc4c(cc3B3c5cc6c(cc5N(c5ccc7oc8ccccc8c7c5)c5cc(N7c8ccc(-c9ccc(C(C)(C)C)cc9)cc8C8(C)CCCCC78C)cc1c53)C(C)(C)CCC6(C)C)C(C)(C)CCC4(C)C)C(C)(C)CC2(C)C. The van der Waals surface area contributed by atoms with Crippen LogP contribution in [0.15, 0.2) is 138 Å². The molecule has 0 amide bonds. The summed E-state index contributed by atoms with van der Waals surface area (Å²) in [4.78, 5) is 8.45. The van der Waals surface area contributed by atoms with Crippen LogP contribution in [0.5, 0.6) is 0 Å². The standard InChI is InChI=1S/C84H94BN3O/c1-50-39-58-63(82(15,16)49-81(58,13)14)46-68(50)87-70-48-62-60(78(7,8)36-38-80(62,11)12)45-66(70)85-65-44-59-61(79(9,10)37-35-77(59,5)6)47-69(65)86(54-30-32-74-57(41-54)56-23-19-20-24-73(56)89-74)71-42-55(43-72(87)75(71)85)88-67-31-27-52(51-25-28-53(29-26-51)76(2,3)4)40-64(67)83(17)33-21-22-34-84(83,88)18/h19-20,23-32,39-48H,21-22,33-38,49H2,1-18H3. The van der Waals surface area contributed by atoms with Crippen LogP contribution in [0.2, 0.25) is 0 Å². The third-order valence-electron chi connectivity index (χ3n) is 25.0. The summed E-state index contributed by atoms with van der Waals surface area (Å²) >= 11 is 0. The Morgan fingerprint density at radius 2 is 0.921 bits per heavy atom. The number of aryl methyl sites for hydroxylation is 1. The molecule has 8 aromatic carbocycles. The molecule has 2 atom stereocenters. The Hall–Kier alpha value is -6.98. The van der Waals surface area contributed by atoms with Crippen LogP contribution in [0.1, 0.15) is 226 Å². The maximum atomic E-state index is 6.68. The second-order valence-electron chi connectivity index (χ2n) is 34.6. The molecule has 4 heterocycles. The summed E-state index contributed by atoms with van der Waals surface area (Å²) in [5.74, 6) is 0. The molecule has 0 bridgehead atoms. The first-order valence-corrected chi connectivity index (χ1v) is 34.1. The molecule has 1 fully saturated rings. The van der Waals surface area contributed by atoms with E-state index in [4.69, 9.17) is 4.42 Å². The summed E-state index contributed by atoms with van der Waals surface area (Å²) in [6.07, 6.45) is 10.4. The Kier molecular flexibility index (Phi) is 11.7. The number of nitrogens with zero attached hydrogens (tertiary/aromatic N) is 3. The van der Waals surface area contributed by atoms with Crippen molar-refractivity contribution in [3.63, 3.8) is 0 Å². The lowest BCUT2D eigenvalue weighted by Crippen LogP contribution is -2.62.